The Hall–Kier alpha value is -4.74. The van der Waals surface area contributed by atoms with Gasteiger partial charge in [-0.25, -0.2) is 19.2 Å². The summed E-state index contributed by atoms with van der Waals surface area (Å²) in [7, 11) is 0. The summed E-state index contributed by atoms with van der Waals surface area (Å²) in [6.45, 7) is 0. The molecule has 6 nitrogen and oxygen atoms in total. The van der Waals surface area contributed by atoms with Crippen molar-refractivity contribution in [1.82, 2.24) is 0 Å². The van der Waals surface area contributed by atoms with Gasteiger partial charge in [-0.05, 0) is 46.2 Å². The summed E-state index contributed by atoms with van der Waals surface area (Å²) < 4.78 is 100. The Kier molecular flexibility index (Phi) is 4.82. The lowest BCUT2D eigenvalue weighted by Gasteiger charge is -2.40. The highest BCUT2D eigenvalue weighted by molar-refractivity contribution is 6.22. The molecule has 12 heteroatoms. The van der Waals surface area contributed by atoms with E-state index in [1.165, 1.54) is 0 Å². The average Bonchev–Trinajstić information content (AvgIpc) is 2.85. The molecule has 2 aliphatic rings. The maximum atomic E-state index is 15.2. The van der Waals surface area contributed by atoms with Crippen LogP contribution in [0.1, 0.15) is 52.6 Å². The molecule has 0 aliphatic carbocycles. The minimum Gasteiger partial charge on any atom is -0.386 e. The maximum absolute atomic E-state index is 15.2. The second-order valence-electron chi connectivity index (χ2n) is 8.88. The molecule has 0 unspecified atom stereocenters. The first-order chi connectivity index (χ1) is 18.3. The van der Waals surface area contributed by atoms with Gasteiger partial charge in [-0.1, -0.05) is 36.4 Å². The highest BCUT2D eigenvalue weighted by atomic mass is 19.4. The van der Waals surface area contributed by atoms with Crippen molar-refractivity contribution in [3.63, 3.8) is 0 Å². The van der Waals surface area contributed by atoms with Gasteiger partial charge in [0.25, 0.3) is 0 Å². The van der Waals surface area contributed by atoms with E-state index in [-0.39, 0.29) is 22.3 Å². The van der Waals surface area contributed by atoms with Gasteiger partial charge in [0.2, 0.25) is 5.41 Å². The van der Waals surface area contributed by atoms with E-state index < -0.39 is 74.3 Å². The van der Waals surface area contributed by atoms with Gasteiger partial charge in [0.05, 0.1) is 22.3 Å². The third kappa shape index (κ3) is 3.05. The van der Waals surface area contributed by atoms with E-state index in [4.69, 9.17) is 0 Å². The van der Waals surface area contributed by atoms with Crippen LogP contribution < -0.4 is 0 Å². The minimum absolute atomic E-state index is 0.382. The van der Waals surface area contributed by atoms with Crippen LogP contribution in [0.2, 0.25) is 0 Å². The van der Waals surface area contributed by atoms with Gasteiger partial charge in [-0.15, -0.1) is 0 Å². The highest BCUT2D eigenvalue weighted by Crippen LogP contribution is 2.59. The lowest BCUT2D eigenvalue weighted by Crippen LogP contribution is -2.55. The number of alkyl halides is 6. The third-order valence-electron chi connectivity index (χ3n) is 6.99. The standard InChI is InChI=1S/C27H10F6O6/c28-26(29,30)25(27(31,32)33,17-9-7-15-19-11(17)3-1-5-13(19)21(34)38-23(15)36)18-10-8-16-20-12(18)4-2-6-14(20)22(35)39-24(16)37/h1-10H. The zero-order valence-corrected chi connectivity index (χ0v) is 19.0. The van der Waals surface area contributed by atoms with Crippen molar-refractivity contribution < 1.29 is 55.0 Å². The van der Waals surface area contributed by atoms with Gasteiger partial charge in [0, 0.05) is 10.8 Å². The Morgan fingerprint density at radius 3 is 1.13 bits per heavy atom. The summed E-state index contributed by atoms with van der Waals surface area (Å²) in [6, 6.07) is 8.81. The van der Waals surface area contributed by atoms with Crippen molar-refractivity contribution in [2.75, 3.05) is 0 Å². The SMILES string of the molecule is O=C1OC(=O)c2ccc(C(c3ccc4c5c(cccc35)C(=O)OC4=O)(C(F)(F)F)C(F)(F)F)c3cccc1c23. The first-order valence-electron chi connectivity index (χ1n) is 11.1. The predicted molar refractivity (Wildman–Crippen MR) is 120 cm³/mol. The van der Waals surface area contributed by atoms with E-state index in [1.807, 2.05) is 0 Å². The number of ether oxygens (including phenoxy) is 2. The van der Waals surface area contributed by atoms with Gasteiger partial charge in [0.1, 0.15) is 0 Å². The number of carbonyl (C=O) groups excluding carboxylic acids is 4. The number of benzene rings is 4. The Morgan fingerprint density at radius 2 is 0.795 bits per heavy atom. The van der Waals surface area contributed by atoms with Gasteiger partial charge in [-0.3, -0.25) is 0 Å². The molecule has 0 N–H and O–H groups in total. The van der Waals surface area contributed by atoms with Crippen LogP contribution in [0.5, 0.6) is 0 Å². The van der Waals surface area contributed by atoms with Crippen LogP contribution in [0.4, 0.5) is 26.3 Å². The van der Waals surface area contributed by atoms with Crippen molar-refractivity contribution in [1.29, 1.82) is 0 Å². The number of carbonyl (C=O) groups is 4. The van der Waals surface area contributed by atoms with E-state index in [9.17, 15) is 19.2 Å². The van der Waals surface area contributed by atoms with Crippen LogP contribution in [0, 0.1) is 0 Å². The van der Waals surface area contributed by atoms with Crippen LogP contribution in [0.15, 0.2) is 60.7 Å². The van der Waals surface area contributed by atoms with E-state index in [2.05, 4.69) is 9.47 Å². The van der Waals surface area contributed by atoms with Gasteiger partial charge < -0.3 is 9.47 Å². The fraction of sp³-hybridized carbons (Fsp3) is 0.111. The molecule has 2 aliphatic heterocycles. The first-order valence-corrected chi connectivity index (χ1v) is 11.1. The van der Waals surface area contributed by atoms with Crippen LogP contribution in [-0.4, -0.2) is 36.2 Å². The number of hydrogen-bond donors (Lipinski definition) is 0. The van der Waals surface area contributed by atoms with Crippen molar-refractivity contribution in [3.05, 3.63) is 94.0 Å². The van der Waals surface area contributed by atoms with Crippen molar-refractivity contribution in [2.24, 2.45) is 0 Å². The minimum atomic E-state index is -6.05. The largest absolute Gasteiger partial charge is 0.411 e. The smallest absolute Gasteiger partial charge is 0.386 e. The lowest BCUT2D eigenvalue weighted by molar-refractivity contribution is -0.287. The Labute approximate surface area is 212 Å². The number of halogens is 6. The van der Waals surface area contributed by atoms with Crippen molar-refractivity contribution in [2.45, 2.75) is 17.8 Å². The zero-order chi connectivity index (χ0) is 28.1. The Bertz CT molecular complexity index is 1640. The molecule has 2 heterocycles. The quantitative estimate of drug-likeness (QED) is 0.174. The molecular formula is C27H10F6O6. The molecule has 0 bridgehead atoms. The Balaban J connectivity index is 1.84. The molecule has 6 rings (SSSR count). The van der Waals surface area contributed by atoms with Crippen molar-refractivity contribution in [3.8, 4) is 0 Å². The third-order valence-corrected chi connectivity index (χ3v) is 6.99. The van der Waals surface area contributed by atoms with E-state index >= 15 is 26.3 Å². The summed E-state index contributed by atoms with van der Waals surface area (Å²) in [5.41, 5.74) is -8.88. The van der Waals surface area contributed by atoms with Crippen LogP contribution in [0.25, 0.3) is 21.5 Å². The molecule has 39 heavy (non-hydrogen) atoms. The first kappa shape index (κ1) is 24.6. The van der Waals surface area contributed by atoms with Crippen LogP contribution >= 0.6 is 0 Å². The summed E-state index contributed by atoms with van der Waals surface area (Å²) in [4.78, 5) is 49.2. The second kappa shape index (κ2) is 7.65. The number of cyclic esters (lactones) is 4. The zero-order valence-electron chi connectivity index (χ0n) is 19.0. The molecule has 196 valence electrons. The number of hydrogen-bond acceptors (Lipinski definition) is 6. The predicted octanol–water partition coefficient (Wildman–Crippen LogP) is 6.02. The molecule has 0 aromatic heterocycles. The molecular weight excluding hydrogens is 534 g/mol. The monoisotopic (exact) mass is 544 g/mol. The van der Waals surface area contributed by atoms with Gasteiger partial charge in [0.15, 0.2) is 0 Å². The van der Waals surface area contributed by atoms with E-state index in [0.29, 0.717) is 12.1 Å². The van der Waals surface area contributed by atoms with Crippen molar-refractivity contribution >= 4 is 45.4 Å². The molecule has 0 fully saturated rings. The summed E-state index contributed by atoms with van der Waals surface area (Å²) in [5, 5.41) is -2.15. The average molecular weight is 544 g/mol. The highest BCUT2D eigenvalue weighted by Gasteiger charge is 2.73. The van der Waals surface area contributed by atoms with E-state index in [0.717, 1.165) is 48.5 Å². The van der Waals surface area contributed by atoms with Gasteiger partial charge >= 0.3 is 36.2 Å². The molecule has 0 radical (unpaired) electrons. The van der Waals surface area contributed by atoms with Gasteiger partial charge in [-0.2, -0.15) is 26.3 Å². The molecule has 0 amide bonds. The second-order valence-corrected chi connectivity index (χ2v) is 8.88. The van der Waals surface area contributed by atoms with E-state index in [1.54, 1.807) is 0 Å². The molecule has 0 saturated carbocycles. The summed E-state index contributed by atoms with van der Waals surface area (Å²) >= 11 is 0. The molecule has 4 aromatic carbocycles. The molecule has 0 saturated heterocycles. The van der Waals surface area contributed by atoms with Crippen LogP contribution in [0.3, 0.4) is 0 Å². The number of esters is 4. The normalized spacial score (nSPS) is 15.5. The molecule has 0 atom stereocenters. The fourth-order valence-electron chi connectivity index (χ4n) is 5.45. The Morgan fingerprint density at radius 1 is 0.462 bits per heavy atom. The molecule has 4 aromatic rings. The van der Waals surface area contributed by atoms with Crippen LogP contribution in [-0.2, 0) is 14.9 Å². The summed E-state index contributed by atoms with van der Waals surface area (Å²) in [6.07, 6.45) is -12.1. The fourth-order valence-corrected chi connectivity index (χ4v) is 5.45. The molecule has 0 spiro atoms. The summed E-state index contributed by atoms with van der Waals surface area (Å²) in [5.74, 6) is -4.89. The topological polar surface area (TPSA) is 86.7 Å². The number of rotatable bonds is 2. The maximum Gasteiger partial charge on any atom is 0.411 e. The lowest BCUT2D eigenvalue weighted by atomic mass is 9.68.